The SMILES string of the molecule is CCOC(=O)CCNCC(O)c1ccc(CC(C)C)cc1. The Hall–Kier alpha value is -1.39. The zero-order valence-corrected chi connectivity index (χ0v) is 13.3. The van der Waals surface area contributed by atoms with Crippen LogP contribution in [0.1, 0.15) is 44.4 Å². The second-order valence-corrected chi connectivity index (χ2v) is 5.61. The number of hydrogen-bond donors (Lipinski definition) is 2. The van der Waals surface area contributed by atoms with E-state index in [9.17, 15) is 9.90 Å². The maximum atomic E-state index is 11.2. The van der Waals surface area contributed by atoms with Crippen LogP contribution in [0.3, 0.4) is 0 Å². The average Bonchev–Trinajstić information content (AvgIpc) is 2.44. The second-order valence-electron chi connectivity index (χ2n) is 5.61. The number of benzene rings is 1. The van der Waals surface area contributed by atoms with Crippen LogP contribution in [-0.4, -0.2) is 30.8 Å². The number of rotatable bonds is 9. The van der Waals surface area contributed by atoms with Gasteiger partial charge in [-0.3, -0.25) is 4.79 Å². The molecule has 0 fully saturated rings. The van der Waals surface area contributed by atoms with E-state index in [0.29, 0.717) is 32.0 Å². The molecule has 0 aliphatic rings. The zero-order chi connectivity index (χ0) is 15.7. The Morgan fingerprint density at radius 1 is 1.29 bits per heavy atom. The van der Waals surface area contributed by atoms with Crippen LogP contribution >= 0.6 is 0 Å². The molecule has 0 heterocycles. The van der Waals surface area contributed by atoms with E-state index in [1.165, 1.54) is 5.56 Å². The first-order valence-corrected chi connectivity index (χ1v) is 7.66. The number of esters is 1. The predicted octanol–water partition coefficient (Wildman–Crippen LogP) is 2.46. The van der Waals surface area contributed by atoms with Crippen molar-refractivity contribution in [2.24, 2.45) is 5.92 Å². The minimum Gasteiger partial charge on any atom is -0.466 e. The van der Waals surface area contributed by atoms with Gasteiger partial charge >= 0.3 is 5.97 Å². The number of carbonyl (C=O) groups excluding carboxylic acids is 1. The van der Waals surface area contributed by atoms with Crippen molar-refractivity contribution >= 4 is 5.97 Å². The molecule has 0 aliphatic carbocycles. The summed E-state index contributed by atoms with van der Waals surface area (Å²) in [5.74, 6) is 0.419. The smallest absolute Gasteiger partial charge is 0.307 e. The highest BCUT2D eigenvalue weighted by atomic mass is 16.5. The summed E-state index contributed by atoms with van der Waals surface area (Å²) in [6, 6.07) is 8.07. The van der Waals surface area contributed by atoms with Crippen molar-refractivity contribution in [3.63, 3.8) is 0 Å². The Balaban J connectivity index is 2.31. The van der Waals surface area contributed by atoms with Gasteiger partial charge in [0.05, 0.1) is 19.1 Å². The molecule has 1 aromatic rings. The second kappa shape index (κ2) is 9.53. The molecular weight excluding hydrogens is 266 g/mol. The summed E-state index contributed by atoms with van der Waals surface area (Å²) in [6.45, 7) is 7.53. The average molecular weight is 293 g/mol. The molecule has 21 heavy (non-hydrogen) atoms. The largest absolute Gasteiger partial charge is 0.466 e. The summed E-state index contributed by atoms with van der Waals surface area (Å²) in [4.78, 5) is 11.2. The van der Waals surface area contributed by atoms with Crippen LogP contribution in [0.4, 0.5) is 0 Å². The summed E-state index contributed by atoms with van der Waals surface area (Å²) in [6.07, 6.45) is 0.822. The molecular formula is C17H27NO3. The minimum absolute atomic E-state index is 0.211. The molecule has 0 aromatic heterocycles. The third-order valence-electron chi connectivity index (χ3n) is 3.16. The molecule has 1 unspecified atom stereocenters. The molecule has 0 saturated heterocycles. The van der Waals surface area contributed by atoms with Crippen LogP contribution < -0.4 is 5.32 Å². The first kappa shape index (κ1) is 17.7. The lowest BCUT2D eigenvalue weighted by Gasteiger charge is -2.13. The quantitative estimate of drug-likeness (QED) is 0.542. The maximum absolute atomic E-state index is 11.2. The molecule has 4 nitrogen and oxygen atoms in total. The van der Waals surface area contributed by atoms with Crippen molar-refractivity contribution in [1.82, 2.24) is 5.32 Å². The molecule has 0 radical (unpaired) electrons. The van der Waals surface area contributed by atoms with Gasteiger partial charge in [-0.15, -0.1) is 0 Å². The number of carbonyl (C=O) groups is 1. The monoisotopic (exact) mass is 293 g/mol. The van der Waals surface area contributed by atoms with E-state index in [1.54, 1.807) is 6.92 Å². The van der Waals surface area contributed by atoms with Crippen molar-refractivity contribution in [3.8, 4) is 0 Å². The summed E-state index contributed by atoms with van der Waals surface area (Å²) in [5, 5.41) is 13.2. The van der Waals surface area contributed by atoms with E-state index in [-0.39, 0.29) is 5.97 Å². The van der Waals surface area contributed by atoms with Crippen molar-refractivity contribution in [2.45, 2.75) is 39.7 Å². The standard InChI is InChI=1S/C17H27NO3/c1-4-21-17(20)9-10-18-12-16(19)15-7-5-14(6-8-15)11-13(2)3/h5-8,13,16,18-19H,4,9-12H2,1-3H3. The molecule has 4 heteroatoms. The Bertz CT molecular complexity index is 415. The van der Waals surface area contributed by atoms with Gasteiger partial charge in [-0.05, 0) is 30.4 Å². The fourth-order valence-corrected chi connectivity index (χ4v) is 2.13. The van der Waals surface area contributed by atoms with Gasteiger partial charge in [0, 0.05) is 13.1 Å². The van der Waals surface area contributed by atoms with Gasteiger partial charge in [0.15, 0.2) is 0 Å². The summed E-state index contributed by atoms with van der Waals surface area (Å²) in [7, 11) is 0. The number of ether oxygens (including phenoxy) is 1. The predicted molar refractivity (Wildman–Crippen MR) is 84.1 cm³/mol. The topological polar surface area (TPSA) is 58.6 Å². The third kappa shape index (κ3) is 7.25. The number of hydrogen-bond acceptors (Lipinski definition) is 4. The first-order valence-electron chi connectivity index (χ1n) is 7.66. The van der Waals surface area contributed by atoms with Crippen molar-refractivity contribution < 1.29 is 14.6 Å². The Labute approximate surface area is 127 Å². The summed E-state index contributed by atoms with van der Waals surface area (Å²) < 4.78 is 4.84. The molecule has 0 aliphatic heterocycles. The van der Waals surface area contributed by atoms with Crippen molar-refractivity contribution in [2.75, 3.05) is 19.7 Å². The molecule has 1 atom stereocenters. The first-order chi connectivity index (χ1) is 10.0. The lowest BCUT2D eigenvalue weighted by Crippen LogP contribution is -2.24. The summed E-state index contributed by atoms with van der Waals surface area (Å²) >= 11 is 0. The molecule has 2 N–H and O–H groups in total. The Morgan fingerprint density at radius 2 is 1.95 bits per heavy atom. The van der Waals surface area contributed by atoms with E-state index in [2.05, 4.69) is 31.3 Å². The van der Waals surface area contributed by atoms with Crippen molar-refractivity contribution in [1.29, 1.82) is 0 Å². The van der Waals surface area contributed by atoms with Gasteiger partial charge < -0.3 is 15.2 Å². The molecule has 0 spiro atoms. The molecule has 1 aromatic carbocycles. The fourth-order valence-electron chi connectivity index (χ4n) is 2.13. The fraction of sp³-hybridized carbons (Fsp3) is 0.588. The van der Waals surface area contributed by atoms with Crippen LogP contribution in [0.25, 0.3) is 0 Å². The van der Waals surface area contributed by atoms with Gasteiger partial charge in [-0.2, -0.15) is 0 Å². The molecule has 118 valence electrons. The number of aliphatic hydroxyl groups is 1. The Kier molecular flexibility index (Phi) is 8.01. The van der Waals surface area contributed by atoms with Gasteiger partial charge in [0.25, 0.3) is 0 Å². The highest BCUT2D eigenvalue weighted by Gasteiger charge is 2.08. The Morgan fingerprint density at radius 3 is 2.52 bits per heavy atom. The molecule has 0 saturated carbocycles. The van der Waals surface area contributed by atoms with Crippen LogP contribution in [0.15, 0.2) is 24.3 Å². The third-order valence-corrected chi connectivity index (χ3v) is 3.16. The van der Waals surface area contributed by atoms with Crippen LogP contribution in [0.2, 0.25) is 0 Å². The highest BCUT2D eigenvalue weighted by Crippen LogP contribution is 2.15. The van der Waals surface area contributed by atoms with Gasteiger partial charge in [0.1, 0.15) is 0 Å². The van der Waals surface area contributed by atoms with E-state index in [4.69, 9.17) is 4.74 Å². The van der Waals surface area contributed by atoms with E-state index >= 15 is 0 Å². The normalized spacial score (nSPS) is 12.4. The van der Waals surface area contributed by atoms with Gasteiger partial charge in [-0.25, -0.2) is 0 Å². The van der Waals surface area contributed by atoms with Gasteiger partial charge in [0.2, 0.25) is 0 Å². The molecule has 0 bridgehead atoms. The summed E-state index contributed by atoms with van der Waals surface area (Å²) in [5.41, 5.74) is 2.18. The number of aliphatic hydroxyl groups excluding tert-OH is 1. The van der Waals surface area contributed by atoms with E-state index in [1.807, 2.05) is 12.1 Å². The highest BCUT2D eigenvalue weighted by molar-refractivity contribution is 5.69. The zero-order valence-electron chi connectivity index (χ0n) is 13.3. The lowest BCUT2D eigenvalue weighted by molar-refractivity contribution is -0.143. The lowest BCUT2D eigenvalue weighted by atomic mass is 10.0. The van der Waals surface area contributed by atoms with E-state index in [0.717, 1.165) is 12.0 Å². The maximum Gasteiger partial charge on any atom is 0.307 e. The van der Waals surface area contributed by atoms with Crippen molar-refractivity contribution in [3.05, 3.63) is 35.4 Å². The van der Waals surface area contributed by atoms with Gasteiger partial charge in [-0.1, -0.05) is 38.1 Å². The molecule has 1 rings (SSSR count). The molecule has 0 amide bonds. The van der Waals surface area contributed by atoms with Crippen LogP contribution in [0.5, 0.6) is 0 Å². The van der Waals surface area contributed by atoms with Crippen LogP contribution in [0, 0.1) is 5.92 Å². The van der Waals surface area contributed by atoms with Crippen LogP contribution in [-0.2, 0) is 16.0 Å². The van der Waals surface area contributed by atoms with E-state index < -0.39 is 6.10 Å². The minimum atomic E-state index is -0.555. The number of nitrogens with one attached hydrogen (secondary N) is 1.